The van der Waals surface area contributed by atoms with Crippen molar-refractivity contribution in [3.63, 3.8) is 0 Å². The maximum Gasteiger partial charge on any atom is 0.0717 e. The van der Waals surface area contributed by atoms with Crippen LogP contribution in [0.3, 0.4) is 0 Å². The molecule has 0 aromatic carbocycles. The first-order valence-corrected chi connectivity index (χ1v) is 19.1. The molecule has 2 aliphatic heterocycles. The van der Waals surface area contributed by atoms with E-state index in [0.29, 0.717) is 10.8 Å². The Bertz CT molecular complexity index is 1010. The van der Waals surface area contributed by atoms with Gasteiger partial charge < -0.3 is 0 Å². The highest BCUT2D eigenvalue weighted by molar-refractivity contribution is 8.39. The SMILES string of the molecule is CC(C)CCC[C@@H](C)[C@H]1CC[C@H]2[C@@H]3CC[C@H]4CC5=C(C[C@]4(C)[C@H]3CC[C@]12C)SC(=C1SC(S)=C(S)S1)S5. The number of fused-ring (bicyclic) bond motifs is 5. The van der Waals surface area contributed by atoms with E-state index in [0.717, 1.165) is 49.9 Å². The van der Waals surface area contributed by atoms with E-state index in [-0.39, 0.29) is 0 Å². The molecule has 4 aliphatic carbocycles. The lowest BCUT2D eigenvalue weighted by molar-refractivity contribution is -0.101. The average molecular weight is 611 g/mol. The fourth-order valence-electron chi connectivity index (χ4n) is 9.84. The van der Waals surface area contributed by atoms with Crippen LogP contribution < -0.4 is 0 Å². The molecule has 3 saturated carbocycles. The molecule has 0 amide bonds. The Labute approximate surface area is 254 Å². The van der Waals surface area contributed by atoms with Crippen LogP contribution in [0.25, 0.3) is 0 Å². The van der Waals surface area contributed by atoms with Crippen molar-refractivity contribution in [2.75, 3.05) is 0 Å². The number of allylic oxidation sites excluding steroid dienone is 2. The van der Waals surface area contributed by atoms with Gasteiger partial charge in [0.1, 0.15) is 0 Å². The summed E-state index contributed by atoms with van der Waals surface area (Å²) in [5.41, 5.74) is 1.12. The van der Waals surface area contributed by atoms with Crippen LogP contribution in [0, 0.1) is 52.3 Å². The van der Waals surface area contributed by atoms with Crippen molar-refractivity contribution in [3.05, 3.63) is 26.8 Å². The molecule has 0 saturated heterocycles. The minimum absolute atomic E-state index is 0.509. The van der Waals surface area contributed by atoms with Crippen molar-refractivity contribution < 1.29 is 0 Å². The minimum atomic E-state index is 0.509. The summed E-state index contributed by atoms with van der Waals surface area (Å²) in [7, 11) is 0. The monoisotopic (exact) mass is 610 g/mol. The van der Waals surface area contributed by atoms with Gasteiger partial charge in [0.15, 0.2) is 0 Å². The summed E-state index contributed by atoms with van der Waals surface area (Å²) in [6.07, 6.45) is 16.0. The number of thiol groups is 2. The van der Waals surface area contributed by atoms with Crippen molar-refractivity contribution in [3.8, 4) is 0 Å². The molecule has 8 atom stereocenters. The van der Waals surface area contributed by atoms with Gasteiger partial charge in [-0.25, -0.2) is 0 Å². The number of hydrogen-bond acceptors (Lipinski definition) is 6. The summed E-state index contributed by atoms with van der Waals surface area (Å²) in [6, 6.07) is 0. The second-order valence-corrected chi connectivity index (χ2v) is 20.3. The normalized spacial score (nSPS) is 42.3. The van der Waals surface area contributed by atoms with Crippen LogP contribution in [-0.2, 0) is 0 Å². The van der Waals surface area contributed by atoms with E-state index in [1.54, 1.807) is 9.81 Å². The van der Waals surface area contributed by atoms with Crippen LogP contribution in [0.4, 0.5) is 0 Å². The van der Waals surface area contributed by atoms with Gasteiger partial charge in [0, 0.05) is 9.81 Å². The van der Waals surface area contributed by atoms with Gasteiger partial charge in [-0.3, -0.25) is 0 Å². The van der Waals surface area contributed by atoms with Gasteiger partial charge in [-0.15, -0.1) is 25.3 Å². The maximum atomic E-state index is 4.63. The maximum absolute atomic E-state index is 4.63. The molecular formula is C31H46S6. The van der Waals surface area contributed by atoms with Crippen LogP contribution in [0.1, 0.15) is 105 Å². The summed E-state index contributed by atoms with van der Waals surface area (Å²) in [5, 5.41) is 0. The largest absolute Gasteiger partial charge is 0.135 e. The predicted octanol–water partition coefficient (Wildman–Crippen LogP) is 12.0. The summed E-state index contributed by atoms with van der Waals surface area (Å²) in [5.74, 6) is 6.54. The van der Waals surface area contributed by atoms with Crippen LogP contribution in [0.2, 0.25) is 0 Å². The molecular weight excluding hydrogens is 565 g/mol. The van der Waals surface area contributed by atoms with Gasteiger partial charge in [-0.2, -0.15) is 0 Å². The fourth-order valence-corrected chi connectivity index (χ4v) is 16.3. The zero-order chi connectivity index (χ0) is 26.1. The lowest BCUT2D eigenvalue weighted by atomic mass is 9.45. The lowest BCUT2D eigenvalue weighted by Crippen LogP contribution is -2.53. The van der Waals surface area contributed by atoms with Gasteiger partial charge in [0.2, 0.25) is 0 Å². The van der Waals surface area contributed by atoms with Crippen molar-refractivity contribution in [1.29, 1.82) is 0 Å². The Kier molecular flexibility index (Phi) is 8.35. The molecule has 3 fully saturated rings. The summed E-state index contributed by atoms with van der Waals surface area (Å²) in [4.78, 5) is 3.43. The molecule has 0 unspecified atom stereocenters. The summed E-state index contributed by atoms with van der Waals surface area (Å²) >= 11 is 17.1. The molecule has 6 rings (SSSR count). The van der Waals surface area contributed by atoms with Crippen LogP contribution in [-0.4, -0.2) is 0 Å². The second kappa shape index (κ2) is 10.9. The molecule has 0 aromatic heterocycles. The first-order valence-electron chi connectivity index (χ1n) is 14.9. The Morgan fingerprint density at radius 2 is 1.46 bits per heavy atom. The van der Waals surface area contributed by atoms with E-state index >= 15 is 0 Å². The van der Waals surface area contributed by atoms with Crippen LogP contribution in [0.15, 0.2) is 26.8 Å². The molecule has 6 heteroatoms. The Morgan fingerprint density at radius 1 is 0.784 bits per heavy atom. The molecule has 206 valence electrons. The molecule has 37 heavy (non-hydrogen) atoms. The molecule has 2 heterocycles. The zero-order valence-corrected chi connectivity index (χ0v) is 28.4. The van der Waals surface area contributed by atoms with E-state index in [1.807, 2.05) is 23.5 Å². The van der Waals surface area contributed by atoms with E-state index in [2.05, 4.69) is 83.4 Å². The average Bonchev–Trinajstić information content (AvgIpc) is 3.51. The number of hydrogen-bond donors (Lipinski definition) is 2. The molecule has 0 bridgehead atoms. The van der Waals surface area contributed by atoms with Crippen LogP contribution in [0.5, 0.6) is 0 Å². The van der Waals surface area contributed by atoms with Crippen LogP contribution >= 0.6 is 72.3 Å². The second-order valence-electron chi connectivity index (χ2n) is 14.0. The van der Waals surface area contributed by atoms with Gasteiger partial charge >= 0.3 is 0 Å². The molecule has 0 spiro atoms. The molecule has 0 nitrogen and oxygen atoms in total. The van der Waals surface area contributed by atoms with E-state index in [1.165, 1.54) is 79.1 Å². The van der Waals surface area contributed by atoms with Gasteiger partial charge in [-0.1, -0.05) is 101 Å². The van der Waals surface area contributed by atoms with Gasteiger partial charge in [0.25, 0.3) is 0 Å². The summed E-state index contributed by atoms with van der Waals surface area (Å²) < 4.78 is 5.06. The van der Waals surface area contributed by atoms with Crippen molar-refractivity contribution in [2.45, 2.75) is 105 Å². The van der Waals surface area contributed by atoms with Crippen molar-refractivity contribution >= 4 is 72.3 Å². The fraction of sp³-hybridized carbons (Fsp3) is 0.806. The third-order valence-corrected chi connectivity index (χ3v) is 18.6. The first kappa shape index (κ1) is 28.4. The molecule has 0 N–H and O–H groups in total. The molecule has 6 aliphatic rings. The summed E-state index contributed by atoms with van der Waals surface area (Å²) in [6.45, 7) is 12.9. The highest BCUT2D eigenvalue weighted by atomic mass is 32.2. The van der Waals surface area contributed by atoms with E-state index in [9.17, 15) is 0 Å². The highest BCUT2D eigenvalue weighted by Gasteiger charge is 2.61. The zero-order valence-electron chi connectivity index (χ0n) is 23.3. The van der Waals surface area contributed by atoms with Gasteiger partial charge in [-0.05, 0) is 104 Å². The Balaban J connectivity index is 1.16. The van der Waals surface area contributed by atoms with Gasteiger partial charge in [0.05, 0.1) is 16.9 Å². The first-order chi connectivity index (χ1) is 17.6. The Morgan fingerprint density at radius 3 is 2.19 bits per heavy atom. The third kappa shape index (κ3) is 5.02. The smallest absolute Gasteiger partial charge is 0.0717 e. The van der Waals surface area contributed by atoms with Crippen molar-refractivity contribution in [1.82, 2.24) is 0 Å². The van der Waals surface area contributed by atoms with E-state index in [4.69, 9.17) is 0 Å². The standard InChI is InChI=1S/C31H46S6/c1-17(2)7-6-8-18(3)21-11-12-22-20-10-9-19-15-24-25(16-31(19,5)23(20)13-14-30(21,22)4)35-28(34-24)29-36-26(32)27(33)37-29/h17-23,32-33H,6-16H2,1-5H3/t18-,19+,20+,21-,22+,23+,30-,31+/m1/s1. The number of rotatable bonds is 5. The van der Waals surface area contributed by atoms with E-state index < -0.39 is 0 Å². The quantitative estimate of drug-likeness (QED) is 0.297. The van der Waals surface area contributed by atoms with Crippen molar-refractivity contribution in [2.24, 2.45) is 52.3 Å². The molecule has 0 aromatic rings. The number of thioether (sulfide) groups is 4. The predicted molar refractivity (Wildman–Crippen MR) is 178 cm³/mol. The minimum Gasteiger partial charge on any atom is -0.135 e. The topological polar surface area (TPSA) is 0 Å². The lowest BCUT2D eigenvalue weighted by Gasteiger charge is -2.60. The highest BCUT2D eigenvalue weighted by Crippen LogP contribution is 2.72. The molecule has 0 radical (unpaired) electrons. The Hall–Kier alpha value is 1.32. The third-order valence-electron chi connectivity index (χ3n) is 11.7.